The molecule has 1 atom stereocenters. The first-order valence-corrected chi connectivity index (χ1v) is 6.25. The van der Waals surface area contributed by atoms with Crippen LogP contribution in [0.15, 0.2) is 18.2 Å². The molecule has 0 bridgehead atoms. The lowest BCUT2D eigenvalue weighted by molar-refractivity contribution is 0.415. The normalized spacial score (nSPS) is 19.3. The van der Waals surface area contributed by atoms with Crippen molar-refractivity contribution in [1.29, 1.82) is 0 Å². The Hall–Kier alpha value is -1.48. The fourth-order valence-electron chi connectivity index (χ4n) is 2.76. The molecule has 1 aliphatic heterocycles. The van der Waals surface area contributed by atoms with E-state index < -0.39 is 0 Å². The Morgan fingerprint density at radius 3 is 3.06 bits per heavy atom. The van der Waals surface area contributed by atoms with Crippen LogP contribution < -0.4 is 10.1 Å². The van der Waals surface area contributed by atoms with Gasteiger partial charge in [-0.05, 0) is 43.1 Å². The summed E-state index contributed by atoms with van der Waals surface area (Å²) in [7, 11) is 1.72. The molecule has 90 valence electrons. The Morgan fingerprint density at radius 1 is 1.41 bits per heavy atom. The van der Waals surface area contributed by atoms with Crippen molar-refractivity contribution in [3.05, 3.63) is 29.5 Å². The Labute approximate surface area is 101 Å². The number of hydrogen-bond acceptors (Lipinski definition) is 2. The van der Waals surface area contributed by atoms with Gasteiger partial charge >= 0.3 is 0 Å². The fraction of sp³-hybridized carbons (Fsp3) is 0.429. The highest BCUT2D eigenvalue weighted by Gasteiger charge is 2.22. The number of rotatable bonds is 2. The van der Waals surface area contributed by atoms with Gasteiger partial charge in [-0.3, -0.25) is 0 Å². The number of aromatic nitrogens is 1. The SMILES string of the molecule is CC[C@@H]1NCCc2c1[nH]c1ccc(OC)cc21. The average Bonchev–Trinajstić information content (AvgIpc) is 2.76. The summed E-state index contributed by atoms with van der Waals surface area (Å²) in [5, 5.41) is 4.87. The largest absolute Gasteiger partial charge is 0.497 e. The highest BCUT2D eigenvalue weighted by atomic mass is 16.5. The van der Waals surface area contributed by atoms with Crippen molar-refractivity contribution in [2.24, 2.45) is 0 Å². The minimum absolute atomic E-state index is 0.470. The molecule has 2 N–H and O–H groups in total. The van der Waals surface area contributed by atoms with E-state index in [2.05, 4.69) is 29.4 Å². The molecule has 0 saturated heterocycles. The highest BCUT2D eigenvalue weighted by molar-refractivity contribution is 5.86. The van der Waals surface area contributed by atoms with Crippen molar-refractivity contribution in [3.8, 4) is 5.75 Å². The Bertz CT molecular complexity index is 544. The monoisotopic (exact) mass is 230 g/mol. The maximum absolute atomic E-state index is 5.31. The fourth-order valence-corrected chi connectivity index (χ4v) is 2.76. The molecular weight excluding hydrogens is 212 g/mol. The van der Waals surface area contributed by atoms with E-state index in [4.69, 9.17) is 4.74 Å². The summed E-state index contributed by atoms with van der Waals surface area (Å²) in [5.74, 6) is 0.936. The molecule has 1 aromatic heterocycles. The van der Waals surface area contributed by atoms with E-state index in [0.717, 1.165) is 25.1 Å². The van der Waals surface area contributed by atoms with E-state index in [9.17, 15) is 0 Å². The molecule has 3 heteroatoms. The third-order valence-corrected chi connectivity index (χ3v) is 3.67. The van der Waals surface area contributed by atoms with Gasteiger partial charge in [0, 0.05) is 22.6 Å². The molecule has 0 aliphatic carbocycles. The number of nitrogens with one attached hydrogen (secondary N) is 2. The molecule has 3 rings (SSSR count). The van der Waals surface area contributed by atoms with Crippen molar-refractivity contribution in [2.75, 3.05) is 13.7 Å². The van der Waals surface area contributed by atoms with Crippen LogP contribution in [0, 0.1) is 0 Å². The summed E-state index contributed by atoms with van der Waals surface area (Å²) < 4.78 is 5.31. The Morgan fingerprint density at radius 2 is 2.29 bits per heavy atom. The van der Waals surface area contributed by atoms with Gasteiger partial charge in [-0.25, -0.2) is 0 Å². The quantitative estimate of drug-likeness (QED) is 0.832. The van der Waals surface area contributed by atoms with E-state index in [1.54, 1.807) is 7.11 Å². The topological polar surface area (TPSA) is 37.0 Å². The van der Waals surface area contributed by atoms with Gasteiger partial charge < -0.3 is 15.0 Å². The van der Waals surface area contributed by atoms with Gasteiger partial charge in [0.1, 0.15) is 5.75 Å². The van der Waals surface area contributed by atoms with Crippen LogP contribution in [0.3, 0.4) is 0 Å². The van der Waals surface area contributed by atoms with Crippen LogP contribution in [0.1, 0.15) is 30.6 Å². The molecule has 17 heavy (non-hydrogen) atoms. The first-order chi connectivity index (χ1) is 8.33. The molecule has 0 radical (unpaired) electrons. The number of ether oxygens (including phenoxy) is 1. The first kappa shape index (κ1) is 10.7. The molecule has 0 unspecified atom stereocenters. The number of benzene rings is 1. The van der Waals surface area contributed by atoms with Crippen molar-refractivity contribution in [2.45, 2.75) is 25.8 Å². The van der Waals surface area contributed by atoms with Crippen LogP contribution in [0.5, 0.6) is 5.75 Å². The number of methoxy groups -OCH3 is 1. The van der Waals surface area contributed by atoms with Gasteiger partial charge in [-0.15, -0.1) is 0 Å². The number of fused-ring (bicyclic) bond motifs is 3. The molecule has 1 aromatic carbocycles. The second kappa shape index (κ2) is 4.08. The van der Waals surface area contributed by atoms with Crippen LogP contribution in [0.25, 0.3) is 10.9 Å². The molecule has 1 aliphatic rings. The molecule has 0 fully saturated rings. The molecule has 2 aromatic rings. The van der Waals surface area contributed by atoms with Crippen molar-refractivity contribution >= 4 is 10.9 Å². The second-order valence-corrected chi connectivity index (χ2v) is 4.59. The smallest absolute Gasteiger partial charge is 0.119 e. The second-order valence-electron chi connectivity index (χ2n) is 4.59. The van der Waals surface area contributed by atoms with Gasteiger partial charge in [0.2, 0.25) is 0 Å². The maximum Gasteiger partial charge on any atom is 0.119 e. The van der Waals surface area contributed by atoms with Gasteiger partial charge in [0.05, 0.1) is 7.11 Å². The van der Waals surface area contributed by atoms with Crippen LogP contribution in [0.2, 0.25) is 0 Å². The number of H-pyrrole nitrogens is 1. The highest BCUT2D eigenvalue weighted by Crippen LogP contribution is 2.33. The minimum atomic E-state index is 0.470. The van der Waals surface area contributed by atoms with Crippen LogP contribution >= 0.6 is 0 Å². The first-order valence-electron chi connectivity index (χ1n) is 6.25. The van der Waals surface area contributed by atoms with E-state index in [-0.39, 0.29) is 0 Å². The summed E-state index contributed by atoms with van der Waals surface area (Å²) in [6.07, 6.45) is 2.22. The lowest BCUT2D eigenvalue weighted by Gasteiger charge is -2.22. The third-order valence-electron chi connectivity index (χ3n) is 3.67. The van der Waals surface area contributed by atoms with Gasteiger partial charge in [-0.1, -0.05) is 6.92 Å². The minimum Gasteiger partial charge on any atom is -0.497 e. The van der Waals surface area contributed by atoms with E-state index >= 15 is 0 Å². The Balaban J connectivity index is 2.20. The summed E-state index contributed by atoms with van der Waals surface area (Å²) in [6.45, 7) is 3.29. The molecule has 0 saturated carbocycles. The zero-order valence-electron chi connectivity index (χ0n) is 10.3. The van der Waals surface area contributed by atoms with Gasteiger partial charge in [0.15, 0.2) is 0 Å². The van der Waals surface area contributed by atoms with E-state index in [0.29, 0.717) is 6.04 Å². The molecule has 2 heterocycles. The molecular formula is C14H18N2O. The molecule has 3 nitrogen and oxygen atoms in total. The maximum atomic E-state index is 5.31. The number of hydrogen-bond donors (Lipinski definition) is 2. The zero-order chi connectivity index (χ0) is 11.8. The summed E-state index contributed by atoms with van der Waals surface area (Å²) in [4.78, 5) is 3.55. The number of aromatic amines is 1. The average molecular weight is 230 g/mol. The lowest BCUT2D eigenvalue weighted by atomic mass is 9.98. The van der Waals surface area contributed by atoms with Crippen LogP contribution in [0.4, 0.5) is 0 Å². The molecule has 0 amide bonds. The Kier molecular flexibility index (Phi) is 2.56. The predicted octanol–water partition coefficient (Wildman–Crippen LogP) is 2.77. The van der Waals surface area contributed by atoms with Crippen molar-refractivity contribution in [3.63, 3.8) is 0 Å². The predicted molar refractivity (Wildman–Crippen MR) is 69.6 cm³/mol. The summed E-state index contributed by atoms with van der Waals surface area (Å²) in [6, 6.07) is 6.73. The lowest BCUT2D eigenvalue weighted by Crippen LogP contribution is -2.29. The zero-order valence-corrected chi connectivity index (χ0v) is 10.3. The molecule has 0 spiro atoms. The van der Waals surface area contributed by atoms with Crippen molar-refractivity contribution in [1.82, 2.24) is 10.3 Å². The van der Waals surface area contributed by atoms with Gasteiger partial charge in [0.25, 0.3) is 0 Å². The van der Waals surface area contributed by atoms with E-state index in [1.165, 1.54) is 22.2 Å². The van der Waals surface area contributed by atoms with Crippen LogP contribution in [-0.4, -0.2) is 18.6 Å². The van der Waals surface area contributed by atoms with Crippen molar-refractivity contribution < 1.29 is 4.74 Å². The van der Waals surface area contributed by atoms with Gasteiger partial charge in [-0.2, -0.15) is 0 Å². The summed E-state index contributed by atoms with van der Waals surface area (Å²) in [5.41, 5.74) is 4.05. The van der Waals surface area contributed by atoms with Crippen LogP contribution in [-0.2, 0) is 6.42 Å². The van der Waals surface area contributed by atoms with E-state index in [1.807, 2.05) is 6.07 Å². The standard InChI is InChI=1S/C14H18N2O/c1-3-12-14-10(6-7-15-12)11-8-9(17-2)4-5-13(11)16-14/h4-5,8,12,15-16H,3,6-7H2,1-2H3/t12-/m0/s1. The summed E-state index contributed by atoms with van der Waals surface area (Å²) >= 11 is 0. The third kappa shape index (κ3) is 1.62.